The van der Waals surface area contributed by atoms with Crippen molar-refractivity contribution in [3.05, 3.63) is 266 Å². The lowest BCUT2D eigenvalue weighted by atomic mass is 10.0. The van der Waals surface area contributed by atoms with Crippen LogP contribution in [-0.4, -0.2) is 156 Å². The highest BCUT2D eigenvalue weighted by atomic mass is 32.2. The van der Waals surface area contributed by atoms with Crippen molar-refractivity contribution >= 4 is 51.4 Å². The van der Waals surface area contributed by atoms with Gasteiger partial charge >= 0.3 is 0 Å². The van der Waals surface area contributed by atoms with Gasteiger partial charge in [-0.15, -0.1) is 0 Å². The van der Waals surface area contributed by atoms with Gasteiger partial charge in [-0.1, -0.05) is 30.3 Å². The summed E-state index contributed by atoms with van der Waals surface area (Å²) in [7, 11) is 0.0865. The SMILES string of the molecule is CCS(=O)(=O)NC(c1cncc(C2COc3c(cccc3C(N)=O)O2)c1)C1CC1.CN(C)C(=O)Cc1cncc(C2COc3c(cccc3C(N)=O)O2)c1.Cc1c(C#N)cncc1C1COc2c(cccc2C(N)=O)O1.Cc1cncc(C2COc3c(cccc3C(N)=O)O2)c1.NC(=O)c1cccc2c1OCC(c1cncc(CC(=O)N3CCC(F)(F)CC3)c1)O2. The molecule has 11 heterocycles. The van der Waals surface area contributed by atoms with Crippen molar-refractivity contribution in [3.8, 4) is 63.6 Å². The number of hydrogen-bond acceptors (Lipinski definition) is 25. The van der Waals surface area contributed by atoms with Gasteiger partial charge in [0.05, 0.1) is 58.0 Å². The second-order valence-corrected chi connectivity index (χ2v) is 32.4. The van der Waals surface area contributed by atoms with E-state index in [1.54, 1.807) is 174 Å². The zero-order valence-corrected chi connectivity index (χ0v) is 69.9. The third-order valence-corrected chi connectivity index (χ3v) is 22.6. The Balaban J connectivity index is 0.000000136. The van der Waals surface area contributed by atoms with Crippen LogP contribution in [0.2, 0.25) is 0 Å². The number of para-hydroxylation sites is 5. The fourth-order valence-corrected chi connectivity index (χ4v) is 15.1. The van der Waals surface area contributed by atoms with Gasteiger partial charge in [0.1, 0.15) is 39.1 Å². The summed E-state index contributed by atoms with van der Waals surface area (Å²) in [5.74, 6) is -1.39. The number of likely N-dealkylation sites (tertiary alicyclic amines) is 1. The fraction of sp³-hybridized carbons (Fsp3) is 0.300. The van der Waals surface area contributed by atoms with Crippen LogP contribution in [0.3, 0.4) is 0 Å². The average molecular weight is 1740 g/mol. The van der Waals surface area contributed by atoms with Gasteiger partial charge in [-0.2, -0.15) is 5.26 Å². The minimum atomic E-state index is -3.34. The van der Waals surface area contributed by atoms with E-state index in [0.29, 0.717) is 91.9 Å². The maximum absolute atomic E-state index is 13.3. The maximum Gasteiger partial charge on any atom is 0.252 e. The highest BCUT2D eigenvalue weighted by Gasteiger charge is 2.39. The first-order chi connectivity index (χ1) is 60.4. The quantitative estimate of drug-likeness (QED) is 0.0438. The first kappa shape index (κ1) is 89.2. The highest BCUT2D eigenvalue weighted by Crippen LogP contribution is 2.46. The van der Waals surface area contributed by atoms with Gasteiger partial charge in [0, 0.05) is 130 Å². The molecule has 10 aromatic rings. The summed E-state index contributed by atoms with van der Waals surface area (Å²) < 4.78 is 112. The topological polar surface area (TPSA) is 483 Å². The van der Waals surface area contributed by atoms with Gasteiger partial charge in [0.15, 0.2) is 88.0 Å². The van der Waals surface area contributed by atoms with Gasteiger partial charge in [-0.25, -0.2) is 21.9 Å². The molecular formula is C90H90F2N14O19S. The molecule has 1 saturated carbocycles. The average Bonchev–Trinajstić information content (AvgIpc) is 1.26. The minimum absolute atomic E-state index is 0.00351. The Hall–Kier alpha value is -14.6. The Morgan fingerprint density at radius 3 is 1.23 bits per heavy atom. The van der Waals surface area contributed by atoms with E-state index >= 15 is 0 Å². The van der Waals surface area contributed by atoms with Crippen LogP contribution in [0, 0.1) is 31.1 Å². The Labute approximate surface area is 722 Å². The zero-order valence-electron chi connectivity index (χ0n) is 69.1. The maximum atomic E-state index is 13.3. The number of nitrogens with one attached hydrogen (secondary N) is 1. The summed E-state index contributed by atoms with van der Waals surface area (Å²) in [5.41, 5.74) is 36.8. The molecule has 0 radical (unpaired) electrons. The lowest BCUT2D eigenvalue weighted by Gasteiger charge is -2.32. The lowest BCUT2D eigenvalue weighted by molar-refractivity contribution is -0.136. The van der Waals surface area contributed by atoms with Crippen LogP contribution < -0.4 is 80.8 Å². The molecular weight excluding hydrogens is 1650 g/mol. The molecule has 126 heavy (non-hydrogen) atoms. The third-order valence-electron chi connectivity index (χ3n) is 21.2. The first-order valence-corrected chi connectivity index (χ1v) is 41.6. The number of carbonyl (C=O) groups excluding carboxylic acids is 7. The fourth-order valence-electron chi connectivity index (χ4n) is 14.3. The number of amides is 7. The number of aromatic nitrogens is 5. The van der Waals surface area contributed by atoms with E-state index in [2.05, 4.69) is 35.7 Å². The third kappa shape index (κ3) is 21.7. The molecule has 1 aliphatic carbocycles. The van der Waals surface area contributed by atoms with Crippen LogP contribution in [0.15, 0.2) is 177 Å². The number of sulfonamides is 1. The van der Waals surface area contributed by atoms with Crippen molar-refractivity contribution in [2.45, 2.75) is 102 Å². The van der Waals surface area contributed by atoms with Gasteiger partial charge in [0.2, 0.25) is 21.8 Å². The highest BCUT2D eigenvalue weighted by molar-refractivity contribution is 7.89. The molecule has 0 spiro atoms. The number of alkyl halides is 2. The van der Waals surface area contributed by atoms with E-state index in [9.17, 15) is 50.8 Å². The molecule has 0 bridgehead atoms. The minimum Gasteiger partial charge on any atom is -0.485 e. The normalized spacial score (nSPS) is 17.8. The number of benzene rings is 5. The molecule has 7 amide bonds. The second-order valence-electron chi connectivity index (χ2n) is 30.4. The Bertz CT molecular complexity index is 5950. The van der Waals surface area contributed by atoms with Crippen LogP contribution in [0.25, 0.3) is 0 Å². The van der Waals surface area contributed by atoms with Crippen LogP contribution in [0.5, 0.6) is 57.5 Å². The van der Waals surface area contributed by atoms with Crippen molar-refractivity contribution in [2.75, 3.05) is 66.0 Å². The molecule has 2 fully saturated rings. The number of likely N-dealkylation sites (N-methyl/N-ethyl adjacent to an activating group) is 1. The summed E-state index contributed by atoms with van der Waals surface area (Å²) in [5, 5.41) is 9.08. The van der Waals surface area contributed by atoms with Crippen molar-refractivity contribution in [1.82, 2.24) is 39.4 Å². The largest absolute Gasteiger partial charge is 0.485 e. The molecule has 6 aliphatic heterocycles. The molecule has 5 aromatic heterocycles. The van der Waals surface area contributed by atoms with E-state index in [1.807, 2.05) is 32.0 Å². The molecule has 7 aliphatic rings. The predicted octanol–water partition coefficient (Wildman–Crippen LogP) is 9.77. The Morgan fingerprint density at radius 2 is 0.857 bits per heavy atom. The predicted molar refractivity (Wildman–Crippen MR) is 449 cm³/mol. The van der Waals surface area contributed by atoms with E-state index in [1.165, 1.54) is 16.0 Å². The van der Waals surface area contributed by atoms with Crippen LogP contribution in [0.1, 0.15) is 182 Å². The molecule has 1 saturated heterocycles. The number of piperidine rings is 1. The number of nitrogens with zero attached hydrogens (tertiary/aromatic N) is 8. The smallest absolute Gasteiger partial charge is 0.252 e. The molecule has 6 atom stereocenters. The number of nitriles is 1. The number of pyridine rings is 5. The van der Waals surface area contributed by atoms with Gasteiger partial charge in [0.25, 0.3) is 35.5 Å². The van der Waals surface area contributed by atoms with Crippen molar-refractivity contribution < 1.29 is 98.1 Å². The standard InChI is InChI=1S/C21H21F2N3O4.C20H23N3O5S.C18H19N3O4.C16H13N3O3.C15H14N2O3/c22-21(23)4-6-26(7-5-21)18(27)9-13-8-14(11-25-10-13)17-12-29-19-15(20(24)28)2-1-3-16(19)30-17;1-2-29(25,26)23-18(12-6-7-12)14-8-13(9-22-10-14)17-11-27-19-15(20(21)24)4-3-5-16(19)28-17;1-21(2)16(22)7-11-6-12(9-20-8-11)15-10-24-17-13(18(19)23)4-3-5-14(17)25-15;1-9-10(5-17)6-19-7-12(9)14-8-21-15-11(16(18)20)3-2-4-13(15)22-14;1-9-5-10(7-17-6-9)13-8-19-14-11(15(16)18)3-2-4-12(14)20-13/h1-3,8,10-11,17H,4-7,9,12H2,(H2,24,28);3-5,8-10,12,17-18,23H,2,6-7,11H2,1H3,(H2,21,24);3-6,8-9,15H,7,10H2,1-2H3,(H2,19,23);2-4,6-7,14H,8H2,1H3,(H2,18,20);2-7,13H,8H2,1H3,(H2,16,18). The molecule has 33 nitrogen and oxygen atoms in total. The van der Waals surface area contributed by atoms with Crippen LogP contribution in [0.4, 0.5) is 8.78 Å². The molecule has 5 aromatic carbocycles. The first-order valence-electron chi connectivity index (χ1n) is 40.0. The summed E-state index contributed by atoms with van der Waals surface area (Å²) >= 11 is 0. The Kier molecular flexibility index (Phi) is 27.8. The molecule has 36 heteroatoms. The van der Waals surface area contributed by atoms with Crippen molar-refractivity contribution in [1.29, 1.82) is 5.26 Å². The number of primary amides is 5. The van der Waals surface area contributed by atoms with E-state index in [-0.39, 0.29) is 124 Å². The number of fused-ring (bicyclic) bond motifs is 5. The molecule has 11 N–H and O–H groups in total. The van der Waals surface area contributed by atoms with E-state index in [0.717, 1.165) is 57.3 Å². The molecule has 6 unspecified atom stereocenters. The number of ether oxygens (including phenoxy) is 10. The number of halogens is 2. The summed E-state index contributed by atoms with van der Waals surface area (Å²) in [6.45, 7) is 6.64. The van der Waals surface area contributed by atoms with Crippen molar-refractivity contribution in [2.24, 2.45) is 34.6 Å². The van der Waals surface area contributed by atoms with Crippen molar-refractivity contribution in [3.63, 3.8) is 0 Å². The van der Waals surface area contributed by atoms with E-state index < -0.39 is 63.8 Å². The molecule has 654 valence electrons. The summed E-state index contributed by atoms with van der Waals surface area (Å²) in [6, 6.07) is 34.4. The summed E-state index contributed by atoms with van der Waals surface area (Å²) in [4.78, 5) is 106. The zero-order chi connectivity index (χ0) is 89.7. The monoisotopic (exact) mass is 1740 g/mol. The number of nitrogens with two attached hydrogens (primary N) is 5. The number of hydrogen-bond donors (Lipinski definition) is 6. The van der Waals surface area contributed by atoms with Gasteiger partial charge in [-0.05, 0) is 152 Å². The second kappa shape index (κ2) is 39.3. The molecule has 17 rings (SSSR count). The number of carbonyl (C=O) groups is 7. The summed E-state index contributed by atoms with van der Waals surface area (Å²) in [6.07, 6.45) is 16.4. The number of rotatable bonds is 19. The number of aryl methyl sites for hydroxylation is 1. The van der Waals surface area contributed by atoms with E-state index in [4.69, 9.17) is 81.3 Å². The Morgan fingerprint density at radius 1 is 0.500 bits per heavy atom. The van der Waals surface area contributed by atoms with Crippen LogP contribution >= 0.6 is 0 Å². The van der Waals surface area contributed by atoms with Gasteiger partial charge < -0.3 is 85.8 Å². The lowest BCUT2D eigenvalue weighted by Crippen LogP contribution is -2.43. The van der Waals surface area contributed by atoms with Gasteiger partial charge in [-0.3, -0.25) is 58.5 Å². The van der Waals surface area contributed by atoms with Crippen LogP contribution in [-0.2, 0) is 32.5 Å².